The Bertz CT molecular complexity index is 890. The Morgan fingerprint density at radius 3 is 2.40 bits per heavy atom. The smallest absolute Gasteiger partial charge is 0.416 e. The lowest BCUT2D eigenvalue weighted by molar-refractivity contribution is 0.0282. The summed E-state index contributed by atoms with van der Waals surface area (Å²) in [5.74, 6) is 0.758. The van der Waals surface area contributed by atoms with Crippen LogP contribution < -0.4 is 4.90 Å². The lowest BCUT2D eigenvalue weighted by Gasteiger charge is -2.31. The second-order valence-electron chi connectivity index (χ2n) is 11.8. The molecular formula is C27H44N4O4. The second-order valence-corrected chi connectivity index (χ2v) is 11.8. The molecule has 2 aliphatic heterocycles. The number of anilines is 1. The first kappa shape index (κ1) is 27.2. The van der Waals surface area contributed by atoms with Gasteiger partial charge in [0.1, 0.15) is 17.0 Å². The van der Waals surface area contributed by atoms with Gasteiger partial charge in [0.05, 0.1) is 0 Å². The van der Waals surface area contributed by atoms with Crippen LogP contribution in [-0.2, 0) is 22.3 Å². The van der Waals surface area contributed by atoms with E-state index in [9.17, 15) is 9.59 Å². The molecule has 0 aromatic carbocycles. The monoisotopic (exact) mass is 488 g/mol. The Kier molecular flexibility index (Phi) is 8.67. The zero-order valence-corrected chi connectivity index (χ0v) is 22.7. The van der Waals surface area contributed by atoms with Gasteiger partial charge in [-0.15, -0.1) is 0 Å². The summed E-state index contributed by atoms with van der Waals surface area (Å²) in [7, 11) is 2.14. The Labute approximate surface area is 210 Å². The van der Waals surface area contributed by atoms with Crippen LogP contribution in [0.5, 0.6) is 0 Å². The Morgan fingerprint density at radius 2 is 1.71 bits per heavy atom. The number of hydrogen-bond acceptors (Lipinski definition) is 6. The summed E-state index contributed by atoms with van der Waals surface area (Å²) in [6.07, 6.45) is 5.24. The summed E-state index contributed by atoms with van der Waals surface area (Å²) >= 11 is 0. The Hall–Kier alpha value is -2.35. The van der Waals surface area contributed by atoms with Crippen LogP contribution in [0.15, 0.2) is 12.1 Å². The van der Waals surface area contributed by atoms with Gasteiger partial charge in [-0.25, -0.2) is 14.6 Å². The van der Waals surface area contributed by atoms with E-state index in [2.05, 4.69) is 24.1 Å². The van der Waals surface area contributed by atoms with Crippen molar-refractivity contribution in [3.63, 3.8) is 0 Å². The highest BCUT2D eigenvalue weighted by atomic mass is 16.6. The predicted octanol–water partition coefficient (Wildman–Crippen LogP) is 5.03. The molecule has 0 unspecified atom stereocenters. The summed E-state index contributed by atoms with van der Waals surface area (Å²) in [6, 6.07) is 4.58. The first-order valence-corrected chi connectivity index (χ1v) is 13.0. The van der Waals surface area contributed by atoms with Gasteiger partial charge in [-0.1, -0.05) is 6.07 Å². The molecule has 0 radical (unpaired) electrons. The van der Waals surface area contributed by atoms with Crippen molar-refractivity contribution in [2.45, 2.75) is 97.3 Å². The highest BCUT2D eigenvalue weighted by molar-refractivity contribution is 5.88. The van der Waals surface area contributed by atoms with Crippen molar-refractivity contribution in [3.8, 4) is 0 Å². The van der Waals surface area contributed by atoms with Crippen molar-refractivity contribution in [2.75, 3.05) is 38.1 Å². The van der Waals surface area contributed by atoms with E-state index < -0.39 is 11.2 Å². The third-order valence-corrected chi connectivity index (χ3v) is 6.34. The molecule has 0 saturated carbocycles. The number of unbranched alkanes of at least 4 members (excludes halogenated alkanes) is 1. The summed E-state index contributed by atoms with van der Waals surface area (Å²) < 4.78 is 11.1. The molecule has 1 fully saturated rings. The number of rotatable bonds is 6. The first-order chi connectivity index (χ1) is 16.3. The lowest BCUT2D eigenvalue weighted by Crippen LogP contribution is -2.40. The van der Waals surface area contributed by atoms with Crippen molar-refractivity contribution in [1.82, 2.24) is 14.8 Å². The van der Waals surface area contributed by atoms with E-state index in [-0.39, 0.29) is 12.2 Å². The molecule has 1 saturated heterocycles. The van der Waals surface area contributed by atoms with E-state index in [0.29, 0.717) is 12.6 Å². The molecule has 1 atom stereocenters. The lowest BCUT2D eigenvalue weighted by atomic mass is 10.0. The van der Waals surface area contributed by atoms with Gasteiger partial charge in [0.15, 0.2) is 0 Å². The average Bonchev–Trinajstić information content (AvgIpc) is 3.24. The number of aryl methyl sites for hydroxylation is 2. The molecule has 2 amide bonds. The fraction of sp³-hybridized carbons (Fsp3) is 0.741. The van der Waals surface area contributed by atoms with Crippen LogP contribution in [0, 0.1) is 0 Å². The minimum absolute atomic E-state index is 0.215. The number of likely N-dealkylation sites (tertiary alicyclic amines) is 1. The van der Waals surface area contributed by atoms with E-state index in [4.69, 9.17) is 14.5 Å². The number of nitrogens with zero attached hydrogens (tertiary/aromatic N) is 4. The zero-order valence-electron chi connectivity index (χ0n) is 22.7. The molecule has 0 bridgehead atoms. The van der Waals surface area contributed by atoms with Gasteiger partial charge in [0.2, 0.25) is 0 Å². The topological polar surface area (TPSA) is 75.2 Å². The maximum atomic E-state index is 12.7. The van der Waals surface area contributed by atoms with Crippen LogP contribution in [0.25, 0.3) is 0 Å². The minimum Gasteiger partial charge on any atom is -0.444 e. The van der Waals surface area contributed by atoms with Crippen LogP contribution >= 0.6 is 0 Å². The van der Waals surface area contributed by atoms with Crippen molar-refractivity contribution >= 4 is 18.0 Å². The van der Waals surface area contributed by atoms with Gasteiger partial charge in [0, 0.05) is 31.4 Å². The molecule has 2 aliphatic rings. The maximum absolute atomic E-state index is 12.7. The van der Waals surface area contributed by atoms with Gasteiger partial charge in [0.25, 0.3) is 0 Å². The number of ether oxygens (including phenoxy) is 2. The highest BCUT2D eigenvalue weighted by Gasteiger charge is 2.32. The number of amides is 2. The fourth-order valence-corrected chi connectivity index (χ4v) is 4.56. The van der Waals surface area contributed by atoms with Crippen molar-refractivity contribution in [3.05, 3.63) is 23.4 Å². The predicted molar refractivity (Wildman–Crippen MR) is 138 cm³/mol. The largest absolute Gasteiger partial charge is 0.444 e. The summed E-state index contributed by atoms with van der Waals surface area (Å²) in [5, 5.41) is 0. The molecule has 1 aromatic rings. The van der Waals surface area contributed by atoms with Crippen LogP contribution in [-0.4, -0.2) is 77.4 Å². The van der Waals surface area contributed by atoms with E-state index in [1.54, 1.807) is 4.90 Å². The van der Waals surface area contributed by atoms with Gasteiger partial charge in [-0.05, 0) is 105 Å². The van der Waals surface area contributed by atoms with Crippen molar-refractivity contribution < 1.29 is 19.1 Å². The van der Waals surface area contributed by atoms with Crippen LogP contribution in [0.3, 0.4) is 0 Å². The number of hydrogen-bond donors (Lipinski definition) is 0. The summed E-state index contributed by atoms with van der Waals surface area (Å²) in [6.45, 7) is 14.4. The number of aromatic nitrogens is 1. The second kappa shape index (κ2) is 11.1. The third kappa shape index (κ3) is 8.09. The van der Waals surface area contributed by atoms with Crippen molar-refractivity contribution in [1.29, 1.82) is 0 Å². The molecule has 0 aliphatic carbocycles. The molecular weight excluding hydrogens is 444 g/mol. The molecule has 3 rings (SSSR count). The Balaban J connectivity index is 1.47. The molecule has 8 heteroatoms. The number of likely N-dealkylation sites (N-methyl/N-ethyl adjacent to an activating group) is 1. The summed E-state index contributed by atoms with van der Waals surface area (Å²) in [4.78, 5) is 35.8. The molecule has 1 aromatic heterocycles. The number of carbonyl (C=O) groups is 2. The average molecular weight is 489 g/mol. The molecule has 35 heavy (non-hydrogen) atoms. The summed E-state index contributed by atoms with van der Waals surface area (Å²) in [5.41, 5.74) is 1.14. The van der Waals surface area contributed by atoms with E-state index in [1.165, 1.54) is 0 Å². The third-order valence-electron chi connectivity index (χ3n) is 6.34. The quantitative estimate of drug-likeness (QED) is 0.523. The minimum atomic E-state index is -0.526. The van der Waals surface area contributed by atoms with Gasteiger partial charge in [-0.3, -0.25) is 4.90 Å². The van der Waals surface area contributed by atoms with Crippen LogP contribution in [0.4, 0.5) is 15.4 Å². The van der Waals surface area contributed by atoms with Gasteiger partial charge >= 0.3 is 12.2 Å². The molecule has 0 spiro atoms. The molecule has 8 nitrogen and oxygen atoms in total. The highest BCUT2D eigenvalue weighted by Crippen LogP contribution is 2.27. The Morgan fingerprint density at radius 1 is 1.03 bits per heavy atom. The van der Waals surface area contributed by atoms with Crippen molar-refractivity contribution in [2.24, 2.45) is 0 Å². The number of pyridine rings is 1. The fourth-order valence-electron chi connectivity index (χ4n) is 4.56. The first-order valence-electron chi connectivity index (χ1n) is 13.0. The van der Waals surface area contributed by atoms with E-state index >= 15 is 0 Å². The van der Waals surface area contributed by atoms with Gasteiger partial charge in [-0.2, -0.15) is 0 Å². The maximum Gasteiger partial charge on any atom is 0.416 e. The standard InChI is InChI=1S/C27H44N4O4/c1-26(2,3)34-24(32)30-18-15-22(19-30)29(7)16-9-8-12-21-14-13-20-11-10-17-31(23(20)28-21)25(33)35-27(4,5)6/h13-14,22H,8-12,15-19H2,1-7H3/t22-/m0/s1. The number of carbonyl (C=O) groups excluding carboxylic acids is 2. The normalized spacial score (nSPS) is 18.6. The number of fused-ring (bicyclic) bond motifs is 1. The van der Waals surface area contributed by atoms with E-state index in [0.717, 1.165) is 75.2 Å². The van der Waals surface area contributed by atoms with Crippen LogP contribution in [0.2, 0.25) is 0 Å². The SMILES string of the molecule is CN(CCCCc1ccc2c(n1)N(C(=O)OC(C)(C)C)CCC2)[C@H]1CCN(C(=O)OC(C)(C)C)C1. The van der Waals surface area contributed by atoms with Gasteiger partial charge < -0.3 is 19.3 Å². The zero-order chi connectivity index (χ0) is 25.8. The molecule has 196 valence electrons. The molecule has 0 N–H and O–H groups in total. The van der Waals surface area contributed by atoms with Crippen LogP contribution in [0.1, 0.15) is 78.5 Å². The van der Waals surface area contributed by atoms with E-state index in [1.807, 2.05) is 46.4 Å². The molecule has 3 heterocycles.